The van der Waals surface area contributed by atoms with Crippen molar-refractivity contribution in [3.8, 4) is 0 Å². The zero-order valence-corrected chi connectivity index (χ0v) is 49.6. The molecule has 25 heteroatoms. The van der Waals surface area contributed by atoms with E-state index in [1.807, 2.05) is 65.0 Å². The number of imide groups is 2. The number of nitrogens with zero attached hydrogens (tertiary/aromatic N) is 3. The Hall–Kier alpha value is -5.31. The van der Waals surface area contributed by atoms with Crippen LogP contribution >= 0.6 is 23.4 Å². The summed E-state index contributed by atoms with van der Waals surface area (Å²) >= 11 is 8.16. The van der Waals surface area contributed by atoms with Crippen molar-refractivity contribution in [2.45, 2.75) is 141 Å². The maximum absolute atomic E-state index is 14.3. The number of alkyl carbamates (subject to hydrolysis) is 1. The Bertz CT molecular complexity index is 2540. The average molecular weight is 1190 g/mol. The highest BCUT2D eigenvalue weighted by atomic mass is 35.5. The topological polar surface area (TPSA) is 285 Å². The number of Topliss-reactive ketones (excluding diaryl/α,β-unsaturated/α-hetero) is 1. The molecule has 0 aliphatic carbocycles. The second kappa shape index (κ2) is 31.0. The van der Waals surface area contributed by atoms with E-state index in [0.717, 1.165) is 21.6 Å². The molecule has 23 nitrogen and oxygen atoms in total. The van der Waals surface area contributed by atoms with E-state index < -0.39 is 76.5 Å². The van der Waals surface area contributed by atoms with Crippen LogP contribution in [0.2, 0.25) is 5.02 Å². The number of likely N-dealkylation sites (tertiary alicyclic amines) is 1. The fourth-order valence-electron chi connectivity index (χ4n) is 10.1. The number of carbonyl (C=O) groups is 9. The van der Waals surface area contributed by atoms with Gasteiger partial charge in [0, 0.05) is 89.4 Å². The lowest BCUT2D eigenvalue weighted by Crippen LogP contribution is -2.60. The number of halogens is 1. The van der Waals surface area contributed by atoms with Gasteiger partial charge in [-0.1, -0.05) is 55.3 Å². The molecule has 1 aromatic carbocycles. The van der Waals surface area contributed by atoms with Crippen molar-refractivity contribution in [3.05, 3.63) is 52.1 Å². The summed E-state index contributed by atoms with van der Waals surface area (Å²) < 4.78 is 39.8. The molecule has 5 heterocycles. The zero-order valence-electron chi connectivity index (χ0n) is 48.0. The molecule has 5 aliphatic rings. The first-order valence-electron chi connectivity index (χ1n) is 28.0. The predicted octanol–water partition coefficient (Wildman–Crippen LogP) is 4.48. The van der Waals surface area contributed by atoms with Crippen molar-refractivity contribution < 1.29 is 86.3 Å². The summed E-state index contributed by atoms with van der Waals surface area (Å²) in [6, 6.07) is 3.87. The number of ether oxygens (including phenoxy) is 7. The van der Waals surface area contributed by atoms with E-state index in [2.05, 4.69) is 10.6 Å². The molecule has 0 saturated carbocycles. The number of aryl methyl sites for hydroxylation is 1. The lowest BCUT2D eigenvalue weighted by Gasteiger charge is -2.41. The number of nitrogens with one attached hydrogen (secondary N) is 2. The van der Waals surface area contributed by atoms with Crippen molar-refractivity contribution in [3.63, 3.8) is 0 Å². The maximum atomic E-state index is 14.3. The Morgan fingerprint density at radius 2 is 1.55 bits per heavy atom. The molecule has 3 N–H and O–H groups in total. The van der Waals surface area contributed by atoms with Gasteiger partial charge in [-0.25, -0.2) is 9.59 Å². The second-order valence-corrected chi connectivity index (χ2v) is 23.3. The summed E-state index contributed by atoms with van der Waals surface area (Å²) in [6.07, 6.45) is 3.60. The van der Waals surface area contributed by atoms with Crippen LogP contribution in [-0.4, -0.2) is 189 Å². The number of epoxide rings is 1. The minimum atomic E-state index is -1.61. The molecule has 7 amide bonds. The molecule has 0 radical (unpaired) electrons. The average Bonchev–Trinajstić information content (AvgIpc) is 2.09. The van der Waals surface area contributed by atoms with Crippen LogP contribution in [0.1, 0.15) is 104 Å². The van der Waals surface area contributed by atoms with Crippen molar-refractivity contribution >= 4 is 82.3 Å². The fraction of sp³-hybridized carbons (Fsp3) is 0.667. The van der Waals surface area contributed by atoms with Gasteiger partial charge < -0.3 is 53.3 Å². The fourth-order valence-corrected chi connectivity index (χ4v) is 11.5. The summed E-state index contributed by atoms with van der Waals surface area (Å²) in [5.74, 6) is -4.49. The van der Waals surface area contributed by atoms with Gasteiger partial charge in [-0.2, -0.15) is 0 Å². The van der Waals surface area contributed by atoms with Crippen LogP contribution in [0.5, 0.6) is 0 Å². The predicted molar refractivity (Wildman–Crippen MR) is 299 cm³/mol. The monoisotopic (exact) mass is 1190 g/mol. The Morgan fingerprint density at radius 3 is 2.23 bits per heavy atom. The van der Waals surface area contributed by atoms with E-state index in [0.29, 0.717) is 54.2 Å². The molecule has 9 atom stereocenters. The molecule has 0 spiro atoms. The highest BCUT2D eigenvalue weighted by Crippen LogP contribution is 2.52. The van der Waals surface area contributed by atoms with Gasteiger partial charge in [0.05, 0.1) is 86.9 Å². The molecule has 1 aromatic rings. The molecule has 0 aromatic heterocycles. The Morgan fingerprint density at radius 1 is 0.890 bits per heavy atom. The molecule has 4 saturated heterocycles. The number of allylic oxidation sites excluding steroid dienone is 3. The lowest BCUT2D eigenvalue weighted by atomic mass is 9.77. The third-order valence-electron chi connectivity index (χ3n) is 15.3. The van der Waals surface area contributed by atoms with Gasteiger partial charge in [0.25, 0.3) is 11.8 Å². The van der Waals surface area contributed by atoms with Crippen molar-refractivity contribution in [2.24, 2.45) is 17.8 Å². The van der Waals surface area contributed by atoms with Crippen molar-refractivity contribution in [2.75, 3.05) is 90.3 Å². The highest BCUT2D eigenvalue weighted by Gasteiger charge is 2.63. The largest absolute Gasteiger partial charge is 0.446 e. The Kier molecular flexibility index (Phi) is 24.9. The number of thioether (sulfide) groups is 1. The highest BCUT2D eigenvalue weighted by molar-refractivity contribution is 8.00. The van der Waals surface area contributed by atoms with Crippen LogP contribution in [0, 0.1) is 24.7 Å². The van der Waals surface area contributed by atoms with Crippen LogP contribution in [0.3, 0.4) is 0 Å². The summed E-state index contributed by atoms with van der Waals surface area (Å²) in [5, 5.41) is 17.4. The number of hydroxylamine groups is 2. The quantitative estimate of drug-likeness (QED) is 0.0592. The number of fused-ring (bicyclic) bond motifs is 5. The molecule has 6 rings (SSSR count). The van der Waals surface area contributed by atoms with E-state index >= 15 is 0 Å². The standard InChI is InChI=1S/C57H80ClN5O18S/c1-35-10-8-11-37(3)57(73)34-44(79-55(72)60-57)38(4)53-56(6,80-53)41(32-49(68)61(7)42-30-40(28-35)29-36(2)52(42)58)31-43(64)39(5)78-18-9-27-82-45-33-50(69)62(54(45)71)17-14-46(65)59-16-20-75-22-24-77-26-25-76-23-21-74-19-15-51(70)81-63-47(66)12-13-48(63)67/h8,10-11,29-30,37-39,41,44-45,53,73H,9,12-28,31-34H2,1-7H3,(H,59,65)(H,60,72)/b11-8+,35-10+/t37-,38-,39+,41+,44?,45?,53+,56+,57+/m1/s1. The molecule has 4 fully saturated rings. The maximum Gasteiger partial charge on any atom is 0.409 e. The first-order valence-corrected chi connectivity index (χ1v) is 29.5. The number of amides is 7. The van der Waals surface area contributed by atoms with Gasteiger partial charge in [-0.15, -0.1) is 16.8 Å². The van der Waals surface area contributed by atoms with Gasteiger partial charge >= 0.3 is 12.1 Å². The first kappa shape index (κ1) is 65.8. The normalized spacial score (nSPS) is 27.4. The smallest absolute Gasteiger partial charge is 0.409 e. The van der Waals surface area contributed by atoms with Gasteiger partial charge in [-0.05, 0) is 63.5 Å². The van der Waals surface area contributed by atoms with Gasteiger partial charge in [0.1, 0.15) is 17.9 Å². The number of ketones is 1. The van der Waals surface area contributed by atoms with Crippen LogP contribution < -0.4 is 15.5 Å². The van der Waals surface area contributed by atoms with Crippen molar-refractivity contribution in [1.82, 2.24) is 20.6 Å². The minimum absolute atomic E-state index is 0.00821. The number of rotatable bonds is 28. The Labute approximate surface area is 488 Å². The van der Waals surface area contributed by atoms with Crippen LogP contribution in [-0.2, 0) is 82.8 Å². The van der Waals surface area contributed by atoms with Crippen molar-refractivity contribution in [1.29, 1.82) is 0 Å². The molecule has 4 bridgehead atoms. The molecule has 2 unspecified atom stereocenters. The van der Waals surface area contributed by atoms with E-state index in [-0.39, 0.29) is 134 Å². The Balaban J connectivity index is 0.867. The summed E-state index contributed by atoms with van der Waals surface area (Å²) in [4.78, 5) is 122. The van der Waals surface area contributed by atoms with Crippen LogP contribution in [0.4, 0.5) is 10.5 Å². The number of anilines is 1. The first-order chi connectivity index (χ1) is 39.0. The lowest BCUT2D eigenvalue weighted by molar-refractivity contribution is -0.198. The van der Waals surface area contributed by atoms with E-state index in [9.17, 15) is 48.3 Å². The van der Waals surface area contributed by atoms with E-state index in [1.54, 1.807) is 14.0 Å². The number of hydrogen-bond donors (Lipinski definition) is 3. The number of carbonyl (C=O) groups excluding carboxylic acids is 9. The van der Waals surface area contributed by atoms with Crippen LogP contribution in [0.15, 0.2) is 35.9 Å². The summed E-state index contributed by atoms with van der Waals surface area (Å²) in [5.41, 5.74) is 0.697. The number of benzene rings is 1. The van der Waals surface area contributed by atoms with Crippen LogP contribution in [0.25, 0.3) is 0 Å². The number of aliphatic hydroxyl groups is 1. The van der Waals surface area contributed by atoms with Gasteiger partial charge in [-0.3, -0.25) is 43.8 Å². The molecular formula is C57H80ClN5O18S. The molecule has 454 valence electrons. The number of hydrogen-bond acceptors (Lipinski definition) is 19. The van der Waals surface area contributed by atoms with E-state index in [1.165, 1.54) is 16.7 Å². The third-order valence-corrected chi connectivity index (χ3v) is 17.1. The SMILES string of the molecule is C/C1=C\C=C\[C@@H](C)[C@@]2(O)CC(OC(=O)N2)[C@@H](C)[C@@H]2O[C@@]2(C)[C@@H](CC(=O)[C@H](C)OCCCSC2CC(=O)N(CCC(=O)NCCOCCOCCOCCOCCC(=O)ON3C(=O)CCC3=O)C2=O)CC(=O)N(C)c2cc(cc(C)c2Cl)C1. The van der Waals surface area contributed by atoms with Gasteiger partial charge in [0.15, 0.2) is 5.78 Å². The van der Waals surface area contributed by atoms with E-state index in [4.69, 9.17) is 49.6 Å². The second-order valence-electron chi connectivity index (χ2n) is 21.6. The molecular weight excluding hydrogens is 1110 g/mol. The summed E-state index contributed by atoms with van der Waals surface area (Å²) in [7, 11) is 1.66. The van der Waals surface area contributed by atoms with Gasteiger partial charge in [0.2, 0.25) is 23.6 Å². The minimum Gasteiger partial charge on any atom is -0.446 e. The molecule has 82 heavy (non-hydrogen) atoms. The molecule has 5 aliphatic heterocycles. The zero-order chi connectivity index (χ0) is 59.7. The third kappa shape index (κ3) is 18.6. The summed E-state index contributed by atoms with van der Waals surface area (Å²) in [6.45, 7) is 13.3.